The maximum atomic E-state index is 11.6. The Morgan fingerprint density at radius 1 is 1.38 bits per heavy atom. The standard InChI is InChI=1S/C16H26N2O2S/c1-3-21(19,20)11-5-10-18-9-4-6-15-12-14(13(2)17)7-8-16(15)18/h7-8,12-13H,3-6,9-11,17H2,1-2H3. The molecule has 0 bridgehead atoms. The molecule has 2 rings (SSSR count). The lowest BCUT2D eigenvalue weighted by Gasteiger charge is -2.32. The van der Waals surface area contributed by atoms with Crippen molar-refractivity contribution in [2.24, 2.45) is 5.73 Å². The maximum Gasteiger partial charge on any atom is 0.150 e. The van der Waals surface area contributed by atoms with Gasteiger partial charge in [0.2, 0.25) is 0 Å². The summed E-state index contributed by atoms with van der Waals surface area (Å²) < 4.78 is 23.1. The second-order valence-electron chi connectivity index (χ2n) is 5.86. The smallest absolute Gasteiger partial charge is 0.150 e. The highest BCUT2D eigenvalue weighted by Gasteiger charge is 2.18. The van der Waals surface area contributed by atoms with E-state index in [1.807, 2.05) is 6.92 Å². The maximum absolute atomic E-state index is 11.6. The second kappa shape index (κ2) is 6.79. The zero-order valence-corrected chi connectivity index (χ0v) is 13.8. The monoisotopic (exact) mass is 310 g/mol. The Morgan fingerprint density at radius 3 is 2.81 bits per heavy atom. The highest BCUT2D eigenvalue weighted by molar-refractivity contribution is 7.91. The minimum atomic E-state index is -2.86. The number of fused-ring (bicyclic) bond motifs is 1. The minimum absolute atomic E-state index is 0.0559. The summed E-state index contributed by atoms with van der Waals surface area (Å²) >= 11 is 0. The van der Waals surface area contributed by atoms with Crippen LogP contribution in [0, 0.1) is 0 Å². The molecule has 5 heteroatoms. The van der Waals surface area contributed by atoms with Crippen molar-refractivity contribution >= 4 is 15.5 Å². The molecule has 118 valence electrons. The number of anilines is 1. The number of hydrogen-bond donors (Lipinski definition) is 1. The molecule has 0 aromatic heterocycles. The number of nitrogens with two attached hydrogens (primary N) is 1. The molecule has 0 saturated carbocycles. The van der Waals surface area contributed by atoms with Crippen molar-refractivity contribution < 1.29 is 8.42 Å². The molecule has 21 heavy (non-hydrogen) atoms. The van der Waals surface area contributed by atoms with Crippen LogP contribution >= 0.6 is 0 Å². The summed E-state index contributed by atoms with van der Waals surface area (Å²) in [6.07, 6.45) is 2.90. The molecule has 1 atom stereocenters. The Labute approximate surface area is 128 Å². The number of nitrogens with zero attached hydrogens (tertiary/aromatic N) is 1. The summed E-state index contributed by atoms with van der Waals surface area (Å²) in [5.74, 6) is 0.522. The van der Waals surface area contributed by atoms with Gasteiger partial charge in [-0.25, -0.2) is 8.42 Å². The Kier molecular flexibility index (Phi) is 5.27. The molecule has 0 saturated heterocycles. The second-order valence-corrected chi connectivity index (χ2v) is 8.33. The van der Waals surface area contributed by atoms with Crippen molar-refractivity contribution in [3.05, 3.63) is 29.3 Å². The molecular weight excluding hydrogens is 284 g/mol. The molecule has 1 aromatic rings. The molecule has 0 amide bonds. The first-order valence-electron chi connectivity index (χ1n) is 7.76. The Hall–Kier alpha value is -1.07. The molecule has 0 fully saturated rings. The predicted octanol–water partition coefficient (Wildman–Crippen LogP) is 2.28. The van der Waals surface area contributed by atoms with Crippen molar-refractivity contribution in [1.82, 2.24) is 0 Å². The summed E-state index contributed by atoms with van der Waals surface area (Å²) in [5.41, 5.74) is 9.71. The minimum Gasteiger partial charge on any atom is -0.371 e. The summed E-state index contributed by atoms with van der Waals surface area (Å²) in [4.78, 5) is 2.31. The summed E-state index contributed by atoms with van der Waals surface area (Å²) in [7, 11) is -2.86. The van der Waals surface area contributed by atoms with Crippen molar-refractivity contribution in [1.29, 1.82) is 0 Å². The first kappa shape index (κ1) is 16.3. The van der Waals surface area contributed by atoms with Crippen molar-refractivity contribution in [2.75, 3.05) is 29.5 Å². The van der Waals surface area contributed by atoms with Gasteiger partial charge < -0.3 is 10.6 Å². The summed E-state index contributed by atoms with van der Waals surface area (Å²) in [6.45, 7) is 5.53. The lowest BCUT2D eigenvalue weighted by molar-refractivity contribution is 0.592. The summed E-state index contributed by atoms with van der Waals surface area (Å²) in [6, 6.07) is 6.49. The third-order valence-electron chi connectivity index (χ3n) is 4.17. The molecular formula is C16H26N2O2S. The van der Waals surface area contributed by atoms with E-state index in [1.165, 1.54) is 16.8 Å². The molecule has 1 aromatic carbocycles. The van der Waals surface area contributed by atoms with Crippen LogP contribution in [0.2, 0.25) is 0 Å². The Morgan fingerprint density at radius 2 is 2.14 bits per heavy atom. The molecule has 0 aliphatic carbocycles. The van der Waals surface area contributed by atoms with E-state index in [0.29, 0.717) is 6.42 Å². The fraction of sp³-hybridized carbons (Fsp3) is 0.625. The molecule has 1 unspecified atom stereocenters. The van der Waals surface area contributed by atoms with Crippen molar-refractivity contribution in [3.63, 3.8) is 0 Å². The molecule has 4 nitrogen and oxygen atoms in total. The average molecular weight is 310 g/mol. The SMILES string of the molecule is CCS(=O)(=O)CCCN1CCCc2cc(C(C)N)ccc21. The van der Waals surface area contributed by atoms with Crippen LogP contribution in [0.5, 0.6) is 0 Å². The van der Waals surface area contributed by atoms with Gasteiger partial charge in [0, 0.05) is 30.6 Å². The third-order valence-corrected chi connectivity index (χ3v) is 5.96. The Bertz CT molecular complexity index is 582. The number of sulfone groups is 1. The van der Waals surface area contributed by atoms with Gasteiger partial charge in [-0.3, -0.25) is 0 Å². The number of hydrogen-bond acceptors (Lipinski definition) is 4. The van der Waals surface area contributed by atoms with Crippen LogP contribution in [0.15, 0.2) is 18.2 Å². The first-order chi connectivity index (χ1) is 9.93. The lowest BCUT2D eigenvalue weighted by Crippen LogP contribution is -2.31. The molecule has 0 radical (unpaired) electrons. The quantitative estimate of drug-likeness (QED) is 0.875. The van der Waals surface area contributed by atoms with Gasteiger partial charge in [-0.15, -0.1) is 0 Å². The number of aryl methyl sites for hydroxylation is 1. The molecule has 1 aliphatic heterocycles. The van der Waals surface area contributed by atoms with Crippen LogP contribution in [0.1, 0.15) is 43.9 Å². The van der Waals surface area contributed by atoms with Gasteiger partial charge in [-0.05, 0) is 43.4 Å². The predicted molar refractivity (Wildman–Crippen MR) is 88.5 cm³/mol. The molecule has 0 spiro atoms. The highest BCUT2D eigenvalue weighted by atomic mass is 32.2. The van der Waals surface area contributed by atoms with E-state index in [2.05, 4.69) is 23.1 Å². The van der Waals surface area contributed by atoms with Crippen molar-refractivity contribution in [3.8, 4) is 0 Å². The van der Waals surface area contributed by atoms with E-state index in [1.54, 1.807) is 6.92 Å². The highest BCUT2D eigenvalue weighted by Crippen LogP contribution is 2.29. The average Bonchev–Trinajstić information content (AvgIpc) is 2.46. The van der Waals surface area contributed by atoms with Gasteiger partial charge >= 0.3 is 0 Å². The van der Waals surface area contributed by atoms with Crippen LogP contribution in [0.4, 0.5) is 5.69 Å². The van der Waals surface area contributed by atoms with Gasteiger partial charge in [0.15, 0.2) is 0 Å². The first-order valence-corrected chi connectivity index (χ1v) is 9.59. The van der Waals surface area contributed by atoms with Crippen LogP contribution in [0.25, 0.3) is 0 Å². The largest absolute Gasteiger partial charge is 0.371 e. The normalized spacial score (nSPS) is 16.6. The third kappa shape index (κ3) is 4.20. The number of rotatable bonds is 6. The van der Waals surface area contributed by atoms with Gasteiger partial charge in [0.05, 0.1) is 5.75 Å². The Balaban J connectivity index is 2.05. The molecule has 2 N–H and O–H groups in total. The zero-order valence-electron chi connectivity index (χ0n) is 13.0. The topological polar surface area (TPSA) is 63.4 Å². The number of benzene rings is 1. The van der Waals surface area contributed by atoms with Crippen LogP contribution in [-0.4, -0.2) is 33.0 Å². The van der Waals surface area contributed by atoms with Gasteiger partial charge in [0.1, 0.15) is 9.84 Å². The van der Waals surface area contributed by atoms with Crippen LogP contribution < -0.4 is 10.6 Å². The molecule has 1 heterocycles. The fourth-order valence-electron chi connectivity index (χ4n) is 2.83. The summed E-state index contributed by atoms with van der Waals surface area (Å²) in [5, 5.41) is 0. The van der Waals surface area contributed by atoms with Crippen LogP contribution in [-0.2, 0) is 16.3 Å². The van der Waals surface area contributed by atoms with Gasteiger partial charge in [-0.1, -0.05) is 19.1 Å². The van der Waals surface area contributed by atoms with E-state index in [4.69, 9.17) is 5.73 Å². The van der Waals surface area contributed by atoms with Crippen molar-refractivity contribution in [2.45, 2.75) is 39.2 Å². The van der Waals surface area contributed by atoms with Gasteiger partial charge in [0.25, 0.3) is 0 Å². The van der Waals surface area contributed by atoms with E-state index in [9.17, 15) is 8.42 Å². The van der Waals surface area contributed by atoms with Crippen LogP contribution in [0.3, 0.4) is 0 Å². The lowest BCUT2D eigenvalue weighted by atomic mass is 9.97. The van der Waals surface area contributed by atoms with E-state index in [0.717, 1.165) is 25.9 Å². The van der Waals surface area contributed by atoms with E-state index in [-0.39, 0.29) is 17.5 Å². The van der Waals surface area contributed by atoms with E-state index < -0.39 is 9.84 Å². The molecule has 1 aliphatic rings. The fourth-order valence-corrected chi connectivity index (χ4v) is 3.69. The van der Waals surface area contributed by atoms with E-state index >= 15 is 0 Å². The van der Waals surface area contributed by atoms with Gasteiger partial charge in [-0.2, -0.15) is 0 Å². The zero-order chi connectivity index (χ0) is 15.5.